The molecule has 3 atom stereocenters. The molecule has 3 unspecified atom stereocenters. The number of hydrogen-bond acceptors (Lipinski definition) is 2. The Labute approximate surface area is 118 Å². The van der Waals surface area contributed by atoms with Crippen molar-refractivity contribution < 1.29 is 0 Å². The molecule has 1 aromatic carbocycles. The van der Waals surface area contributed by atoms with Gasteiger partial charge in [-0.05, 0) is 48.3 Å². The zero-order chi connectivity index (χ0) is 13.1. The highest BCUT2D eigenvalue weighted by molar-refractivity contribution is 9.10. The fourth-order valence-corrected chi connectivity index (χ4v) is 4.55. The zero-order valence-electron chi connectivity index (χ0n) is 10.4. The van der Waals surface area contributed by atoms with Crippen LogP contribution < -0.4 is 11.4 Å². The maximum Gasteiger partial charge on any atom is 0.323 e. The molecule has 2 aliphatic carbocycles. The maximum atomic E-state index is 11.3. The van der Waals surface area contributed by atoms with Crippen molar-refractivity contribution in [3.8, 4) is 0 Å². The molecule has 19 heavy (non-hydrogen) atoms. The number of nitrogens with two attached hydrogens (primary N) is 1. The van der Waals surface area contributed by atoms with Crippen LogP contribution in [0.5, 0.6) is 0 Å². The average Bonchev–Trinajstić information content (AvgIpc) is 2.72. The van der Waals surface area contributed by atoms with E-state index >= 15 is 0 Å². The molecule has 0 spiro atoms. The van der Waals surface area contributed by atoms with E-state index in [1.165, 1.54) is 19.3 Å². The normalized spacial score (nSPS) is 30.5. The first-order valence-electron chi connectivity index (χ1n) is 6.82. The van der Waals surface area contributed by atoms with E-state index in [1.807, 2.05) is 12.1 Å². The van der Waals surface area contributed by atoms with Gasteiger partial charge in [-0.15, -0.1) is 0 Å². The van der Waals surface area contributed by atoms with E-state index < -0.39 is 0 Å². The second-order valence-electron chi connectivity index (χ2n) is 5.86. The molecule has 0 radical (unpaired) electrons. The van der Waals surface area contributed by atoms with Crippen LogP contribution in [0.15, 0.2) is 21.4 Å². The highest BCUT2D eigenvalue weighted by Gasteiger charge is 2.55. The lowest BCUT2D eigenvalue weighted by molar-refractivity contribution is 0.501. The van der Waals surface area contributed by atoms with E-state index in [0.717, 1.165) is 32.9 Å². The van der Waals surface area contributed by atoms with Crippen LogP contribution >= 0.6 is 15.9 Å². The van der Waals surface area contributed by atoms with Gasteiger partial charge in [-0.2, -0.15) is 0 Å². The lowest BCUT2D eigenvalue weighted by Gasteiger charge is -2.16. The van der Waals surface area contributed by atoms with Crippen LogP contribution in [0.1, 0.15) is 30.9 Å². The second-order valence-corrected chi connectivity index (χ2v) is 6.71. The number of fused-ring (bicyclic) bond motifs is 2. The van der Waals surface area contributed by atoms with E-state index in [0.29, 0.717) is 5.92 Å². The third kappa shape index (κ3) is 1.71. The summed E-state index contributed by atoms with van der Waals surface area (Å²) >= 11 is 3.59. The summed E-state index contributed by atoms with van der Waals surface area (Å²) in [6.45, 7) is 0. The van der Waals surface area contributed by atoms with E-state index in [1.54, 1.807) is 0 Å². The zero-order valence-corrected chi connectivity index (χ0v) is 12.0. The van der Waals surface area contributed by atoms with Crippen LogP contribution in [0.4, 0.5) is 0 Å². The quantitative estimate of drug-likeness (QED) is 0.795. The summed E-state index contributed by atoms with van der Waals surface area (Å²) in [6, 6.07) is 4.03. The molecule has 0 amide bonds. The van der Waals surface area contributed by atoms with Gasteiger partial charge in [0.05, 0.1) is 11.0 Å². The van der Waals surface area contributed by atoms with Crippen LogP contribution in [0.2, 0.25) is 0 Å². The number of aromatic nitrogens is 2. The van der Waals surface area contributed by atoms with Gasteiger partial charge in [0.25, 0.3) is 0 Å². The molecular formula is C14H16BrN3O. The van der Waals surface area contributed by atoms with Gasteiger partial charge < -0.3 is 15.7 Å². The predicted molar refractivity (Wildman–Crippen MR) is 77.9 cm³/mol. The summed E-state index contributed by atoms with van der Waals surface area (Å²) in [5.74, 6) is 2.30. The largest absolute Gasteiger partial charge is 0.324 e. The van der Waals surface area contributed by atoms with E-state index in [9.17, 15) is 4.79 Å². The molecule has 0 saturated heterocycles. The molecule has 2 fully saturated rings. The van der Waals surface area contributed by atoms with Crippen molar-refractivity contribution in [1.82, 2.24) is 9.97 Å². The third-order valence-corrected chi connectivity index (χ3v) is 5.57. The van der Waals surface area contributed by atoms with E-state index in [2.05, 4.69) is 25.9 Å². The van der Waals surface area contributed by atoms with Gasteiger partial charge in [0.2, 0.25) is 0 Å². The summed E-state index contributed by atoms with van der Waals surface area (Å²) in [6.07, 6.45) is 4.04. The lowest BCUT2D eigenvalue weighted by Crippen LogP contribution is -2.16. The standard InChI is InChI=1S/C14H16BrN3O/c15-9-5-11-10(17-14(19)18-11)4-8(9)13(16)12-6-2-1-3-7(6)12/h4-7,12-13H,1-3,16H2,(H2,17,18,19). The first-order valence-corrected chi connectivity index (χ1v) is 7.61. The molecular weight excluding hydrogens is 306 g/mol. The molecule has 4 rings (SSSR count). The minimum Gasteiger partial charge on any atom is -0.324 e. The first-order chi connectivity index (χ1) is 9.15. The molecule has 2 aromatic rings. The first kappa shape index (κ1) is 11.7. The number of aromatic amines is 2. The maximum absolute atomic E-state index is 11.3. The second kappa shape index (κ2) is 3.96. The highest BCUT2D eigenvalue weighted by atomic mass is 79.9. The van der Waals surface area contributed by atoms with Crippen molar-refractivity contribution in [2.24, 2.45) is 23.5 Å². The number of nitrogens with one attached hydrogen (secondary N) is 2. The Bertz CT molecular complexity index is 694. The monoisotopic (exact) mass is 321 g/mol. The summed E-state index contributed by atoms with van der Waals surface area (Å²) in [5.41, 5.74) is 9.06. The van der Waals surface area contributed by atoms with Gasteiger partial charge in [-0.1, -0.05) is 22.4 Å². The Morgan fingerprint density at radius 3 is 2.53 bits per heavy atom. The van der Waals surface area contributed by atoms with Gasteiger partial charge in [0.1, 0.15) is 0 Å². The summed E-state index contributed by atoms with van der Waals surface area (Å²) in [4.78, 5) is 16.9. The molecule has 0 aliphatic heterocycles. The smallest absolute Gasteiger partial charge is 0.323 e. The fourth-order valence-electron chi connectivity index (χ4n) is 3.95. The summed E-state index contributed by atoms with van der Waals surface area (Å²) in [5, 5.41) is 0. The molecule has 100 valence electrons. The predicted octanol–water partition coefficient (Wildman–Crippen LogP) is 2.66. The molecule has 0 bridgehead atoms. The topological polar surface area (TPSA) is 74.7 Å². The Kier molecular flexibility index (Phi) is 2.45. The number of halogens is 1. The molecule has 5 heteroatoms. The Morgan fingerprint density at radius 2 is 1.84 bits per heavy atom. The molecule has 4 nitrogen and oxygen atoms in total. The van der Waals surface area contributed by atoms with Gasteiger partial charge in [0, 0.05) is 10.5 Å². The minimum atomic E-state index is -0.170. The van der Waals surface area contributed by atoms with Crippen molar-refractivity contribution in [1.29, 1.82) is 0 Å². The molecule has 1 aromatic heterocycles. The Morgan fingerprint density at radius 1 is 1.21 bits per heavy atom. The summed E-state index contributed by atoms with van der Waals surface area (Å²) < 4.78 is 0.993. The van der Waals surface area contributed by atoms with Crippen molar-refractivity contribution in [2.75, 3.05) is 0 Å². The van der Waals surface area contributed by atoms with Crippen LogP contribution in [0.3, 0.4) is 0 Å². The van der Waals surface area contributed by atoms with Crippen molar-refractivity contribution >= 4 is 27.0 Å². The number of rotatable bonds is 2. The van der Waals surface area contributed by atoms with Crippen LogP contribution in [0.25, 0.3) is 11.0 Å². The molecule has 2 saturated carbocycles. The van der Waals surface area contributed by atoms with Crippen molar-refractivity contribution in [3.05, 3.63) is 32.7 Å². The number of imidazole rings is 1. The SMILES string of the molecule is NC(c1cc2[nH]c(=O)[nH]c2cc1Br)C1C2CCCC21. The minimum absolute atomic E-state index is 0.0764. The number of benzene rings is 1. The third-order valence-electron chi connectivity index (χ3n) is 4.88. The van der Waals surface area contributed by atoms with E-state index in [-0.39, 0.29) is 11.7 Å². The van der Waals surface area contributed by atoms with Crippen LogP contribution in [0, 0.1) is 17.8 Å². The van der Waals surface area contributed by atoms with E-state index in [4.69, 9.17) is 5.73 Å². The summed E-state index contributed by atoms with van der Waals surface area (Å²) in [7, 11) is 0. The van der Waals surface area contributed by atoms with Crippen molar-refractivity contribution in [2.45, 2.75) is 25.3 Å². The Hall–Kier alpha value is -1.07. The van der Waals surface area contributed by atoms with Gasteiger partial charge in [-0.25, -0.2) is 4.79 Å². The number of hydrogen-bond donors (Lipinski definition) is 3. The number of H-pyrrole nitrogens is 2. The van der Waals surface area contributed by atoms with Crippen LogP contribution in [-0.2, 0) is 0 Å². The van der Waals surface area contributed by atoms with Gasteiger partial charge >= 0.3 is 5.69 Å². The Balaban J connectivity index is 1.73. The van der Waals surface area contributed by atoms with Crippen molar-refractivity contribution in [3.63, 3.8) is 0 Å². The highest BCUT2D eigenvalue weighted by Crippen LogP contribution is 2.62. The van der Waals surface area contributed by atoms with Crippen LogP contribution in [-0.4, -0.2) is 9.97 Å². The molecule has 4 N–H and O–H groups in total. The molecule has 2 aliphatic rings. The van der Waals surface area contributed by atoms with Gasteiger partial charge in [0.15, 0.2) is 0 Å². The lowest BCUT2D eigenvalue weighted by atomic mass is 9.97. The fraction of sp³-hybridized carbons (Fsp3) is 0.500. The molecule has 1 heterocycles. The van der Waals surface area contributed by atoms with Gasteiger partial charge in [-0.3, -0.25) is 0 Å². The average molecular weight is 322 g/mol.